The largest absolute Gasteiger partial charge is 0.394 e. The van der Waals surface area contributed by atoms with Gasteiger partial charge in [-0.1, -0.05) is 35.5 Å². The average molecular weight is 465 g/mol. The minimum Gasteiger partial charge on any atom is -0.394 e. The summed E-state index contributed by atoms with van der Waals surface area (Å²) >= 11 is 0. The van der Waals surface area contributed by atoms with E-state index < -0.39 is 0 Å². The minimum atomic E-state index is 0.0105. The second-order valence-corrected chi connectivity index (χ2v) is 8.93. The summed E-state index contributed by atoms with van der Waals surface area (Å²) < 4.78 is 9.74. The molecule has 1 atom stereocenters. The minimum absolute atomic E-state index is 0.0105. The summed E-state index contributed by atoms with van der Waals surface area (Å²) in [6, 6.07) is 12.7. The molecule has 0 unspecified atom stereocenters. The number of benzene rings is 1. The Balaban J connectivity index is 1.69. The molecule has 1 aliphatic rings. The summed E-state index contributed by atoms with van der Waals surface area (Å²) in [5.41, 5.74) is 6.40. The molecule has 174 valence electrons. The molecule has 0 saturated carbocycles. The molecule has 5 aromatic rings. The van der Waals surface area contributed by atoms with E-state index in [1.54, 1.807) is 10.9 Å². The van der Waals surface area contributed by atoms with Crippen molar-refractivity contribution in [1.29, 1.82) is 0 Å². The van der Waals surface area contributed by atoms with E-state index >= 15 is 0 Å². The number of aryl methyl sites for hydroxylation is 2. The van der Waals surface area contributed by atoms with E-state index in [0.717, 1.165) is 65.1 Å². The lowest BCUT2D eigenvalue weighted by atomic mass is 9.86. The van der Waals surface area contributed by atoms with Crippen molar-refractivity contribution in [2.45, 2.75) is 25.8 Å². The fourth-order valence-corrected chi connectivity index (χ4v) is 5.31. The zero-order chi connectivity index (χ0) is 23.9. The van der Waals surface area contributed by atoms with Crippen molar-refractivity contribution in [1.82, 2.24) is 34.5 Å². The highest BCUT2D eigenvalue weighted by molar-refractivity contribution is 6.05. The Hall–Kier alpha value is -4.16. The van der Waals surface area contributed by atoms with Crippen LogP contribution >= 0.6 is 0 Å². The van der Waals surface area contributed by atoms with Gasteiger partial charge in [0.25, 0.3) is 0 Å². The normalized spacial score (nSPS) is 15.5. The molecule has 5 heterocycles. The fraction of sp³-hybridized carbons (Fsp3) is 0.308. The quantitative estimate of drug-likeness (QED) is 0.360. The van der Waals surface area contributed by atoms with E-state index in [1.165, 1.54) is 5.56 Å². The number of aromatic nitrogens is 7. The van der Waals surface area contributed by atoms with Gasteiger partial charge >= 0.3 is 5.95 Å². The van der Waals surface area contributed by atoms with Gasteiger partial charge in [0.15, 0.2) is 0 Å². The number of rotatable bonds is 4. The number of hydrogen-bond acceptors (Lipinski definition) is 6. The van der Waals surface area contributed by atoms with Crippen LogP contribution in [0.3, 0.4) is 0 Å². The van der Waals surface area contributed by atoms with Crippen LogP contribution in [0.4, 0.5) is 5.95 Å². The van der Waals surface area contributed by atoms with Gasteiger partial charge in [-0.15, -0.1) is 16.7 Å². The van der Waals surface area contributed by atoms with E-state index in [-0.39, 0.29) is 12.0 Å². The van der Waals surface area contributed by atoms with Crippen molar-refractivity contribution >= 4 is 28.0 Å². The van der Waals surface area contributed by atoms with E-state index in [4.69, 9.17) is 21.3 Å². The van der Waals surface area contributed by atoms with Crippen LogP contribution in [0.25, 0.3) is 38.2 Å². The van der Waals surface area contributed by atoms with E-state index in [2.05, 4.69) is 55.0 Å². The Labute approximate surface area is 202 Å². The number of fused-ring (bicyclic) bond motifs is 3. The van der Waals surface area contributed by atoms with Gasteiger partial charge in [-0.2, -0.15) is 4.98 Å². The monoisotopic (exact) mass is 464 g/mol. The summed E-state index contributed by atoms with van der Waals surface area (Å²) in [7, 11) is 1.89. The summed E-state index contributed by atoms with van der Waals surface area (Å²) in [5, 5.41) is 9.24. The van der Waals surface area contributed by atoms with Crippen LogP contribution in [-0.2, 0) is 11.8 Å². The maximum absolute atomic E-state index is 7.51. The zero-order valence-corrected chi connectivity index (χ0v) is 19.6. The first-order valence-electron chi connectivity index (χ1n) is 11.7. The highest BCUT2D eigenvalue weighted by Crippen LogP contribution is 2.40. The third kappa shape index (κ3) is 3.54. The van der Waals surface area contributed by atoms with Crippen molar-refractivity contribution in [2.75, 3.05) is 13.2 Å². The average Bonchev–Trinajstić information content (AvgIpc) is 3.41. The molecule has 35 heavy (non-hydrogen) atoms. The van der Waals surface area contributed by atoms with Crippen molar-refractivity contribution in [2.24, 2.45) is 13.0 Å². The van der Waals surface area contributed by atoms with Crippen LogP contribution in [0.2, 0.25) is 0 Å². The molecular weight excluding hydrogens is 440 g/mol. The predicted molar refractivity (Wildman–Crippen MR) is 132 cm³/mol. The maximum atomic E-state index is 7.51. The second kappa shape index (κ2) is 8.56. The molecular formula is C26H24N8O. The first-order valence-corrected chi connectivity index (χ1v) is 11.7. The molecule has 0 amide bonds. The number of nitrogens with zero attached hydrogens (tertiary/aromatic N) is 8. The first-order chi connectivity index (χ1) is 17.2. The van der Waals surface area contributed by atoms with E-state index in [0.29, 0.717) is 5.92 Å². The summed E-state index contributed by atoms with van der Waals surface area (Å²) in [6.07, 6.45) is 5.47. The lowest BCUT2D eigenvalue weighted by molar-refractivity contribution is 0.0552. The standard InChI is InChI=1S/C26H24N8O/c1-16-23(33(3)32-31-16)19-13-21-22(28-14-19)20-15-29-26(27-2)30-25(20)34(21)24(17-7-5-4-6-8-17)18-9-11-35-12-10-18/h4-8,13-15,18,24H,9-12H2,1,3H3/t24-/m1/s1. The molecule has 9 heteroatoms. The molecule has 0 aliphatic carbocycles. The molecule has 1 aliphatic heterocycles. The van der Waals surface area contributed by atoms with Gasteiger partial charge < -0.3 is 14.1 Å². The number of pyridine rings is 1. The van der Waals surface area contributed by atoms with E-state index in [1.807, 2.05) is 26.2 Å². The van der Waals surface area contributed by atoms with E-state index in [9.17, 15) is 0 Å². The third-order valence-electron chi connectivity index (χ3n) is 6.87. The molecule has 9 nitrogen and oxygen atoms in total. The van der Waals surface area contributed by atoms with Gasteiger partial charge in [0.1, 0.15) is 5.52 Å². The van der Waals surface area contributed by atoms with Gasteiger partial charge in [0.05, 0.1) is 34.5 Å². The van der Waals surface area contributed by atoms with Crippen LogP contribution in [0.15, 0.2) is 48.8 Å². The molecule has 6 rings (SSSR count). The smallest absolute Gasteiger partial charge is 0.373 e. The Bertz CT molecular complexity index is 1550. The van der Waals surface area contributed by atoms with Gasteiger partial charge in [0.2, 0.25) is 5.65 Å². The van der Waals surface area contributed by atoms with Gasteiger partial charge in [0, 0.05) is 32.0 Å². The zero-order valence-electron chi connectivity index (χ0n) is 19.6. The van der Waals surface area contributed by atoms with Crippen LogP contribution in [0.1, 0.15) is 30.1 Å². The van der Waals surface area contributed by atoms with Crippen molar-refractivity contribution in [3.63, 3.8) is 0 Å². The molecule has 0 N–H and O–H groups in total. The first kappa shape index (κ1) is 21.4. The Morgan fingerprint density at radius 2 is 1.91 bits per heavy atom. The fourth-order valence-electron chi connectivity index (χ4n) is 5.31. The number of ether oxygens (including phenoxy) is 1. The topological polar surface area (TPSA) is 87.9 Å². The lowest BCUT2D eigenvalue weighted by Gasteiger charge is -2.32. The lowest BCUT2D eigenvalue weighted by Crippen LogP contribution is -2.27. The highest BCUT2D eigenvalue weighted by atomic mass is 16.5. The van der Waals surface area contributed by atoms with Crippen molar-refractivity contribution in [3.05, 3.63) is 71.5 Å². The van der Waals surface area contributed by atoms with Crippen molar-refractivity contribution < 1.29 is 4.74 Å². The van der Waals surface area contributed by atoms with Crippen LogP contribution in [0, 0.1) is 19.4 Å². The Kier molecular flexibility index (Phi) is 5.23. The number of hydrogen-bond donors (Lipinski definition) is 0. The highest BCUT2D eigenvalue weighted by Gasteiger charge is 2.32. The SMILES string of the molecule is [C-]#[N+]c1ncc2c3ncc(-c4c(C)nnn4C)cc3n([C@H](c3ccccc3)C3CCOCC3)c2n1. The Morgan fingerprint density at radius 3 is 2.63 bits per heavy atom. The van der Waals surface area contributed by atoms with Gasteiger partial charge in [-0.05, 0) is 37.3 Å². The van der Waals surface area contributed by atoms with Crippen LogP contribution < -0.4 is 0 Å². The summed E-state index contributed by atoms with van der Waals surface area (Å²) in [6.45, 7) is 10.9. The molecule has 0 radical (unpaired) electrons. The second-order valence-electron chi connectivity index (χ2n) is 8.93. The van der Waals surface area contributed by atoms with Gasteiger partial charge in [-0.25, -0.2) is 4.68 Å². The predicted octanol–water partition coefficient (Wildman–Crippen LogP) is 4.65. The van der Waals surface area contributed by atoms with Gasteiger partial charge in [-0.3, -0.25) is 4.98 Å². The Morgan fingerprint density at radius 1 is 1.11 bits per heavy atom. The maximum Gasteiger partial charge on any atom is 0.373 e. The summed E-state index contributed by atoms with van der Waals surface area (Å²) in [4.78, 5) is 17.4. The molecule has 4 aromatic heterocycles. The molecule has 1 saturated heterocycles. The molecule has 0 bridgehead atoms. The van der Waals surface area contributed by atoms with Crippen LogP contribution in [-0.4, -0.2) is 47.7 Å². The van der Waals surface area contributed by atoms with Crippen LogP contribution in [0.5, 0.6) is 0 Å². The molecule has 1 aromatic carbocycles. The molecule has 0 spiro atoms. The molecule has 1 fully saturated rings. The summed E-state index contributed by atoms with van der Waals surface area (Å²) in [5.74, 6) is 0.479. The van der Waals surface area contributed by atoms with Crippen molar-refractivity contribution in [3.8, 4) is 11.3 Å². The third-order valence-corrected chi connectivity index (χ3v) is 6.87.